The average Bonchev–Trinajstić information content (AvgIpc) is 2.73. The first-order valence-corrected chi connectivity index (χ1v) is 8.14. The first-order valence-electron chi connectivity index (χ1n) is 6.13. The Morgan fingerprint density at radius 3 is 2.75 bits per heavy atom. The summed E-state index contributed by atoms with van der Waals surface area (Å²) in [6.45, 7) is 5.50. The van der Waals surface area contributed by atoms with Crippen molar-refractivity contribution >= 4 is 50.6 Å². The summed E-state index contributed by atoms with van der Waals surface area (Å²) >= 11 is 10.2. The predicted molar refractivity (Wildman–Crippen MR) is 87.6 cm³/mol. The molecule has 0 saturated carbocycles. The monoisotopic (exact) mass is 374 g/mol. The van der Waals surface area contributed by atoms with Crippen LogP contribution in [0, 0.1) is 0 Å². The molecule has 0 spiro atoms. The molecule has 7 heteroatoms. The topological polar surface area (TPSA) is 50.4 Å². The number of carbonyl (C=O) groups is 1. The van der Waals surface area contributed by atoms with E-state index in [4.69, 9.17) is 17.0 Å². The Hall–Kier alpha value is -0.920. The molecule has 1 aromatic rings. The minimum Gasteiger partial charge on any atom is -0.459 e. The molecule has 1 atom stereocenters. The molecule has 0 radical (unpaired) electrons. The van der Waals surface area contributed by atoms with Crippen molar-refractivity contribution < 1.29 is 9.53 Å². The molecule has 2 heterocycles. The van der Waals surface area contributed by atoms with Crippen LogP contribution in [0.4, 0.5) is 0 Å². The van der Waals surface area contributed by atoms with Gasteiger partial charge in [0.1, 0.15) is 0 Å². The van der Waals surface area contributed by atoms with Gasteiger partial charge in [-0.1, -0.05) is 0 Å². The van der Waals surface area contributed by atoms with Gasteiger partial charge in [-0.3, -0.25) is 0 Å². The van der Waals surface area contributed by atoms with E-state index in [0.29, 0.717) is 10.7 Å². The molecule has 20 heavy (non-hydrogen) atoms. The maximum atomic E-state index is 12.3. The number of thiophene rings is 1. The molecule has 0 unspecified atom stereocenters. The van der Waals surface area contributed by atoms with Crippen molar-refractivity contribution in [3.05, 3.63) is 32.1 Å². The largest absolute Gasteiger partial charge is 0.459 e. The van der Waals surface area contributed by atoms with E-state index in [1.54, 1.807) is 11.3 Å². The van der Waals surface area contributed by atoms with Crippen LogP contribution in [0.2, 0.25) is 0 Å². The first kappa shape index (κ1) is 15.5. The predicted octanol–water partition coefficient (Wildman–Crippen LogP) is 3.26. The molecule has 4 nitrogen and oxygen atoms in total. The third-order valence-electron chi connectivity index (χ3n) is 2.71. The van der Waals surface area contributed by atoms with E-state index in [-0.39, 0.29) is 18.1 Å². The molecule has 1 aliphatic heterocycles. The van der Waals surface area contributed by atoms with Gasteiger partial charge in [-0.2, -0.15) is 0 Å². The van der Waals surface area contributed by atoms with E-state index in [1.807, 2.05) is 32.9 Å². The van der Waals surface area contributed by atoms with Crippen LogP contribution < -0.4 is 10.6 Å². The Morgan fingerprint density at radius 2 is 2.20 bits per heavy atom. The molecule has 0 saturated heterocycles. The number of halogens is 1. The molecular weight excluding hydrogens is 360 g/mol. The van der Waals surface area contributed by atoms with Crippen molar-refractivity contribution in [2.45, 2.75) is 32.9 Å². The van der Waals surface area contributed by atoms with Crippen LogP contribution in [0.15, 0.2) is 27.2 Å². The number of thiocarbonyl (C=S) groups is 1. The highest BCUT2D eigenvalue weighted by Crippen LogP contribution is 2.34. The van der Waals surface area contributed by atoms with Gasteiger partial charge in [-0.25, -0.2) is 4.79 Å². The van der Waals surface area contributed by atoms with Crippen LogP contribution in [0.25, 0.3) is 0 Å². The summed E-state index contributed by atoms with van der Waals surface area (Å²) in [5.41, 5.74) is 1.30. The van der Waals surface area contributed by atoms with Crippen molar-refractivity contribution in [3.8, 4) is 0 Å². The van der Waals surface area contributed by atoms with Crippen molar-refractivity contribution in [1.29, 1.82) is 0 Å². The Labute approximate surface area is 135 Å². The van der Waals surface area contributed by atoms with E-state index in [1.165, 1.54) is 0 Å². The number of nitrogens with one attached hydrogen (secondary N) is 2. The highest BCUT2D eigenvalue weighted by Gasteiger charge is 2.32. The molecule has 2 N–H and O–H groups in total. The summed E-state index contributed by atoms with van der Waals surface area (Å²) in [6, 6.07) is 3.65. The Balaban J connectivity index is 2.39. The zero-order valence-electron chi connectivity index (χ0n) is 11.3. The number of rotatable bonds is 3. The third kappa shape index (κ3) is 3.39. The zero-order chi connectivity index (χ0) is 14.9. The summed E-state index contributed by atoms with van der Waals surface area (Å²) in [6.07, 6.45) is -0.160. The van der Waals surface area contributed by atoms with E-state index < -0.39 is 0 Å². The number of carbonyl (C=O) groups excluding carboxylic acids is 1. The Morgan fingerprint density at radius 1 is 1.50 bits per heavy atom. The molecule has 2 rings (SSSR count). The highest BCUT2D eigenvalue weighted by molar-refractivity contribution is 9.11. The summed E-state index contributed by atoms with van der Waals surface area (Å²) in [5.74, 6) is -0.325. The lowest BCUT2D eigenvalue weighted by Gasteiger charge is -2.29. The summed E-state index contributed by atoms with van der Waals surface area (Å²) in [4.78, 5) is 13.3. The number of hydrogen-bond donors (Lipinski definition) is 2. The molecular formula is C13H15BrN2O2S2. The molecule has 1 aromatic heterocycles. The number of allylic oxidation sites excluding steroid dienone is 1. The van der Waals surface area contributed by atoms with Gasteiger partial charge in [-0.15, -0.1) is 11.3 Å². The number of esters is 1. The zero-order valence-corrected chi connectivity index (χ0v) is 14.5. The fraction of sp³-hybridized carbons (Fsp3) is 0.385. The lowest BCUT2D eigenvalue weighted by Crippen LogP contribution is -2.45. The molecule has 0 fully saturated rings. The van der Waals surface area contributed by atoms with Crippen LogP contribution >= 0.6 is 39.5 Å². The second kappa shape index (κ2) is 6.24. The second-order valence-electron chi connectivity index (χ2n) is 4.67. The van der Waals surface area contributed by atoms with Crippen molar-refractivity contribution in [2.24, 2.45) is 0 Å². The van der Waals surface area contributed by atoms with Crippen molar-refractivity contribution in [1.82, 2.24) is 10.6 Å². The van der Waals surface area contributed by atoms with Gasteiger partial charge in [0.05, 0.1) is 21.5 Å². The molecule has 0 bridgehead atoms. The normalized spacial score (nSPS) is 18.9. The second-order valence-corrected chi connectivity index (χ2v) is 7.57. The summed E-state index contributed by atoms with van der Waals surface area (Å²) in [7, 11) is 0. The van der Waals surface area contributed by atoms with Gasteiger partial charge in [0, 0.05) is 10.6 Å². The minimum atomic E-state index is -0.325. The average molecular weight is 375 g/mol. The fourth-order valence-corrected chi connectivity index (χ4v) is 3.69. The standard InChI is InChI=1S/C13H15BrN2O2S2/c1-6(2)18-12(17)10-7(3)15-13(19)16-11(10)8-4-5-9(14)20-8/h4-6,11H,1-3H3,(H2,15,16,19)/t11-/m0/s1. The fourth-order valence-electron chi connectivity index (χ4n) is 1.94. The van der Waals surface area contributed by atoms with Crippen molar-refractivity contribution in [2.75, 3.05) is 0 Å². The number of hydrogen-bond acceptors (Lipinski definition) is 4. The summed E-state index contributed by atoms with van der Waals surface area (Å²) in [5, 5.41) is 6.63. The van der Waals surface area contributed by atoms with Gasteiger partial charge in [-0.05, 0) is 61.1 Å². The smallest absolute Gasteiger partial charge is 0.338 e. The van der Waals surface area contributed by atoms with Crippen LogP contribution in [-0.4, -0.2) is 17.2 Å². The van der Waals surface area contributed by atoms with Crippen LogP contribution in [-0.2, 0) is 9.53 Å². The van der Waals surface area contributed by atoms with E-state index in [0.717, 1.165) is 14.4 Å². The van der Waals surface area contributed by atoms with E-state index in [9.17, 15) is 4.79 Å². The van der Waals surface area contributed by atoms with Gasteiger partial charge in [0.15, 0.2) is 5.11 Å². The van der Waals surface area contributed by atoms with Crippen LogP contribution in [0.5, 0.6) is 0 Å². The van der Waals surface area contributed by atoms with Gasteiger partial charge >= 0.3 is 5.97 Å². The van der Waals surface area contributed by atoms with E-state index >= 15 is 0 Å². The number of ether oxygens (including phenoxy) is 1. The lowest BCUT2D eigenvalue weighted by atomic mass is 10.0. The first-order chi connectivity index (χ1) is 9.38. The van der Waals surface area contributed by atoms with Crippen LogP contribution in [0.3, 0.4) is 0 Å². The summed E-state index contributed by atoms with van der Waals surface area (Å²) < 4.78 is 6.33. The lowest BCUT2D eigenvalue weighted by molar-refractivity contribution is -0.143. The van der Waals surface area contributed by atoms with Crippen molar-refractivity contribution in [3.63, 3.8) is 0 Å². The molecule has 1 aliphatic rings. The molecule has 0 aliphatic carbocycles. The highest BCUT2D eigenvalue weighted by atomic mass is 79.9. The van der Waals surface area contributed by atoms with Crippen LogP contribution in [0.1, 0.15) is 31.7 Å². The SMILES string of the molecule is CC1=C(C(=O)OC(C)C)[C@H](c2ccc(Br)s2)NC(=S)N1. The van der Waals surface area contributed by atoms with E-state index in [2.05, 4.69) is 26.6 Å². The molecule has 0 amide bonds. The molecule has 0 aromatic carbocycles. The Kier molecular flexibility index (Phi) is 4.82. The molecule has 108 valence electrons. The minimum absolute atomic E-state index is 0.160. The van der Waals surface area contributed by atoms with Gasteiger partial charge < -0.3 is 15.4 Å². The maximum Gasteiger partial charge on any atom is 0.338 e. The quantitative estimate of drug-likeness (QED) is 0.628. The van der Waals surface area contributed by atoms with Gasteiger partial charge in [0.25, 0.3) is 0 Å². The van der Waals surface area contributed by atoms with Gasteiger partial charge in [0.2, 0.25) is 0 Å². The third-order valence-corrected chi connectivity index (χ3v) is 4.62. The Bertz CT molecular complexity index is 581. The maximum absolute atomic E-state index is 12.3.